The van der Waals surface area contributed by atoms with Crippen molar-refractivity contribution in [1.82, 2.24) is 4.98 Å². The van der Waals surface area contributed by atoms with E-state index in [0.29, 0.717) is 5.69 Å². The predicted molar refractivity (Wildman–Crippen MR) is 86.0 cm³/mol. The van der Waals surface area contributed by atoms with Gasteiger partial charge in [-0.25, -0.2) is 11.6 Å². The second-order valence-electron chi connectivity index (χ2n) is 6.28. The Labute approximate surface area is 146 Å². The molecule has 8 heteroatoms. The summed E-state index contributed by atoms with van der Waals surface area (Å²) in [4.78, 5) is 31.6. The molecular weight excluding hydrogens is 326 g/mol. The Morgan fingerprint density at radius 3 is 2.56 bits per heavy atom. The Kier molecular flexibility index (Phi) is 6.30. The fourth-order valence-electron chi connectivity index (χ4n) is 2.31. The van der Waals surface area contributed by atoms with E-state index in [9.17, 15) is 14.9 Å². The van der Waals surface area contributed by atoms with Crippen LogP contribution in [0.2, 0.25) is 0 Å². The molecule has 1 aromatic heterocycles. The molecule has 0 aliphatic rings. The molecule has 8 nitrogen and oxygen atoms in total. The lowest BCUT2D eigenvalue weighted by Crippen LogP contribution is -2.43. The summed E-state index contributed by atoms with van der Waals surface area (Å²) in [5.74, 6) is -1.27. The van der Waals surface area contributed by atoms with Gasteiger partial charge in [-0.2, -0.15) is 5.26 Å². The Bertz CT molecular complexity index is 711. The van der Waals surface area contributed by atoms with E-state index in [2.05, 4.69) is 9.83 Å². The maximum Gasteiger partial charge on any atom is 0.331 e. The van der Waals surface area contributed by atoms with Gasteiger partial charge in [0.25, 0.3) is 0 Å². The van der Waals surface area contributed by atoms with E-state index >= 15 is 0 Å². The van der Waals surface area contributed by atoms with Crippen LogP contribution in [0, 0.1) is 23.3 Å². The highest BCUT2D eigenvalue weighted by atomic mass is 16.5. The quantitative estimate of drug-likeness (QED) is 0.549. The third-order valence-electron chi connectivity index (χ3n) is 3.85. The molecule has 0 amide bonds. The standard InChI is InChI=1S/C17H21N3O5/c1-7-24-15(22)17(4,12(9-18)19-5)13-20-11(10-25-13)8-16(2,3)14(21)23-6/h10,12H,7-8H2,1-4,6H3. The molecule has 1 aromatic rings. The first-order valence-corrected chi connectivity index (χ1v) is 7.64. The Balaban J connectivity index is 3.26. The average molecular weight is 347 g/mol. The van der Waals surface area contributed by atoms with Crippen LogP contribution in [0.4, 0.5) is 0 Å². The van der Waals surface area contributed by atoms with Crippen LogP contribution in [0.15, 0.2) is 10.7 Å². The average Bonchev–Trinajstić information content (AvgIpc) is 3.03. The predicted octanol–water partition coefficient (Wildman–Crippen LogP) is 2.05. The van der Waals surface area contributed by atoms with Gasteiger partial charge in [0, 0.05) is 6.42 Å². The Morgan fingerprint density at radius 1 is 1.44 bits per heavy atom. The first kappa shape index (κ1) is 20.2. The number of nitrogens with zero attached hydrogens (tertiary/aromatic N) is 3. The highest BCUT2D eigenvalue weighted by Crippen LogP contribution is 2.32. The zero-order valence-corrected chi connectivity index (χ0v) is 15.0. The van der Waals surface area contributed by atoms with Crippen LogP contribution in [0.5, 0.6) is 0 Å². The summed E-state index contributed by atoms with van der Waals surface area (Å²) in [7, 11) is 1.30. The summed E-state index contributed by atoms with van der Waals surface area (Å²) in [6.07, 6.45) is 1.51. The summed E-state index contributed by atoms with van der Waals surface area (Å²) in [6, 6.07) is 0.431. The van der Waals surface area contributed by atoms with Gasteiger partial charge < -0.3 is 13.9 Å². The summed E-state index contributed by atoms with van der Waals surface area (Å²) < 4.78 is 15.1. The van der Waals surface area contributed by atoms with Gasteiger partial charge in [0.05, 0.1) is 24.8 Å². The van der Waals surface area contributed by atoms with Crippen LogP contribution in [0.3, 0.4) is 0 Å². The van der Waals surface area contributed by atoms with Gasteiger partial charge in [-0.3, -0.25) is 14.4 Å². The number of ether oxygens (including phenoxy) is 2. The summed E-state index contributed by atoms with van der Waals surface area (Å²) >= 11 is 0. The number of hydrogen-bond donors (Lipinski definition) is 0. The molecule has 0 aliphatic heterocycles. The molecule has 25 heavy (non-hydrogen) atoms. The van der Waals surface area contributed by atoms with E-state index in [1.165, 1.54) is 20.3 Å². The normalized spacial score (nSPS) is 14.5. The third kappa shape index (κ3) is 3.97. The number of esters is 2. The van der Waals surface area contributed by atoms with Crippen molar-refractivity contribution in [2.75, 3.05) is 13.7 Å². The van der Waals surface area contributed by atoms with E-state index in [1.807, 2.05) is 0 Å². The van der Waals surface area contributed by atoms with Gasteiger partial charge in [-0.1, -0.05) is 0 Å². The SMILES string of the molecule is [C-]#[N+]C(C#N)C(C)(C(=O)OCC)c1nc(CC(C)(C)C(=O)OC)co1. The van der Waals surface area contributed by atoms with Gasteiger partial charge in [0.1, 0.15) is 6.26 Å². The maximum atomic E-state index is 12.4. The van der Waals surface area contributed by atoms with E-state index in [-0.39, 0.29) is 18.9 Å². The molecule has 1 rings (SSSR count). The third-order valence-corrected chi connectivity index (χ3v) is 3.85. The molecule has 0 aliphatic carbocycles. The molecule has 0 radical (unpaired) electrons. The molecule has 134 valence electrons. The minimum atomic E-state index is -1.67. The summed E-state index contributed by atoms with van der Waals surface area (Å²) in [5, 5.41) is 9.24. The highest BCUT2D eigenvalue weighted by molar-refractivity contribution is 5.83. The topological polar surface area (TPSA) is 107 Å². The molecule has 1 heterocycles. The lowest BCUT2D eigenvalue weighted by atomic mass is 9.82. The molecule has 0 fully saturated rings. The van der Waals surface area contributed by atoms with Crippen LogP contribution in [-0.4, -0.2) is 36.7 Å². The van der Waals surface area contributed by atoms with Gasteiger partial charge in [0.2, 0.25) is 11.3 Å². The fourth-order valence-corrected chi connectivity index (χ4v) is 2.31. The molecule has 2 atom stereocenters. The van der Waals surface area contributed by atoms with Crippen LogP contribution < -0.4 is 0 Å². The van der Waals surface area contributed by atoms with Crippen molar-refractivity contribution in [1.29, 1.82) is 5.26 Å². The summed E-state index contributed by atoms with van der Waals surface area (Å²) in [6.45, 7) is 13.7. The number of oxazole rings is 1. The van der Waals surface area contributed by atoms with E-state index < -0.39 is 28.8 Å². The second-order valence-corrected chi connectivity index (χ2v) is 6.28. The van der Waals surface area contributed by atoms with Gasteiger partial charge in [-0.05, 0) is 27.7 Å². The van der Waals surface area contributed by atoms with Crippen LogP contribution >= 0.6 is 0 Å². The molecular formula is C17H21N3O5. The number of carbonyl (C=O) groups excluding carboxylic acids is 2. The van der Waals surface area contributed by atoms with Crippen molar-refractivity contribution < 1.29 is 23.5 Å². The van der Waals surface area contributed by atoms with Gasteiger partial charge >= 0.3 is 18.0 Å². The number of aromatic nitrogens is 1. The Morgan fingerprint density at radius 2 is 2.08 bits per heavy atom. The molecule has 2 unspecified atom stereocenters. The van der Waals surface area contributed by atoms with Crippen LogP contribution in [0.25, 0.3) is 4.85 Å². The number of carbonyl (C=O) groups is 2. The van der Waals surface area contributed by atoms with Crippen molar-refractivity contribution in [3.63, 3.8) is 0 Å². The monoisotopic (exact) mass is 347 g/mol. The minimum Gasteiger partial charge on any atom is -0.469 e. The van der Waals surface area contributed by atoms with Crippen molar-refractivity contribution in [3.05, 3.63) is 29.3 Å². The lowest BCUT2D eigenvalue weighted by molar-refractivity contribution is -0.151. The highest BCUT2D eigenvalue weighted by Gasteiger charge is 2.54. The van der Waals surface area contributed by atoms with Gasteiger partial charge in [-0.15, -0.1) is 0 Å². The zero-order valence-electron chi connectivity index (χ0n) is 15.0. The molecule has 0 saturated carbocycles. The molecule has 0 bridgehead atoms. The second kappa shape index (κ2) is 7.80. The fraction of sp³-hybridized carbons (Fsp3) is 0.588. The van der Waals surface area contributed by atoms with Crippen molar-refractivity contribution >= 4 is 11.9 Å². The number of hydrogen-bond acceptors (Lipinski definition) is 7. The zero-order chi connectivity index (χ0) is 19.3. The number of nitriles is 1. The largest absolute Gasteiger partial charge is 0.469 e. The first-order valence-electron chi connectivity index (χ1n) is 7.64. The van der Waals surface area contributed by atoms with Crippen molar-refractivity contribution in [2.24, 2.45) is 5.41 Å². The number of methoxy groups -OCH3 is 1. The maximum absolute atomic E-state index is 12.4. The van der Waals surface area contributed by atoms with E-state index in [4.69, 9.17) is 20.5 Å². The van der Waals surface area contributed by atoms with Crippen molar-refractivity contribution in [2.45, 2.75) is 45.6 Å². The summed E-state index contributed by atoms with van der Waals surface area (Å²) in [5.41, 5.74) is -2.11. The van der Waals surface area contributed by atoms with E-state index in [0.717, 1.165) is 0 Å². The van der Waals surface area contributed by atoms with E-state index in [1.54, 1.807) is 26.8 Å². The van der Waals surface area contributed by atoms with Crippen molar-refractivity contribution in [3.8, 4) is 6.07 Å². The first-order chi connectivity index (χ1) is 11.7. The molecule has 0 aromatic carbocycles. The minimum absolute atomic E-state index is 0.0908. The lowest BCUT2D eigenvalue weighted by Gasteiger charge is -2.21. The van der Waals surface area contributed by atoms with Crippen LogP contribution in [0.1, 0.15) is 39.3 Å². The Hall–Kier alpha value is -2.87. The van der Waals surface area contributed by atoms with Gasteiger partial charge in [0.15, 0.2) is 6.07 Å². The smallest absolute Gasteiger partial charge is 0.331 e. The molecule has 0 N–H and O–H groups in total. The number of rotatable bonds is 7. The molecule has 0 saturated heterocycles. The van der Waals surface area contributed by atoms with Crippen LogP contribution in [-0.2, 0) is 30.9 Å². The molecule has 0 spiro atoms.